The van der Waals surface area contributed by atoms with Crippen molar-refractivity contribution in [3.05, 3.63) is 34.2 Å². The van der Waals surface area contributed by atoms with Crippen LogP contribution in [0.5, 0.6) is 0 Å². The maximum absolute atomic E-state index is 11.7. The summed E-state index contributed by atoms with van der Waals surface area (Å²) in [4.78, 5) is 36.1. The van der Waals surface area contributed by atoms with Crippen LogP contribution < -0.4 is 10.7 Å². The van der Waals surface area contributed by atoms with Gasteiger partial charge in [-0.25, -0.2) is 0 Å². The summed E-state index contributed by atoms with van der Waals surface area (Å²) in [6, 6.07) is 1.11. The molecule has 1 aromatic rings. The zero-order chi connectivity index (χ0) is 13.5. The van der Waals surface area contributed by atoms with Crippen molar-refractivity contribution in [2.45, 2.75) is 32.2 Å². The first-order chi connectivity index (χ1) is 8.50. The minimum atomic E-state index is -0.854. The van der Waals surface area contributed by atoms with Gasteiger partial charge < -0.3 is 15.4 Å². The smallest absolute Gasteiger partial charge is 0.303 e. The minimum absolute atomic E-state index is 0.0579. The average Bonchev–Trinajstić information content (AvgIpc) is 2.28. The van der Waals surface area contributed by atoms with Gasteiger partial charge in [0.05, 0.1) is 0 Å². The molecule has 0 aliphatic rings. The van der Waals surface area contributed by atoms with Gasteiger partial charge in [-0.05, 0) is 19.8 Å². The van der Waals surface area contributed by atoms with Crippen molar-refractivity contribution in [2.75, 3.05) is 0 Å². The van der Waals surface area contributed by atoms with E-state index < -0.39 is 11.9 Å². The van der Waals surface area contributed by atoms with Gasteiger partial charge in [0.1, 0.15) is 5.56 Å². The van der Waals surface area contributed by atoms with Crippen molar-refractivity contribution in [1.29, 1.82) is 0 Å². The van der Waals surface area contributed by atoms with Gasteiger partial charge in [0, 0.05) is 30.9 Å². The van der Waals surface area contributed by atoms with Crippen LogP contribution in [-0.2, 0) is 4.79 Å². The first-order valence-electron chi connectivity index (χ1n) is 5.70. The third-order valence-electron chi connectivity index (χ3n) is 2.47. The Labute approximate surface area is 104 Å². The molecular weight excluding hydrogens is 236 g/mol. The zero-order valence-electron chi connectivity index (χ0n) is 10.1. The number of hydrogen-bond donors (Lipinski definition) is 3. The first kappa shape index (κ1) is 14.0. The van der Waals surface area contributed by atoms with E-state index in [0.717, 1.165) is 0 Å². The fraction of sp³-hybridized carbons (Fsp3) is 0.417. The number of nitrogens with one attached hydrogen (secondary N) is 2. The van der Waals surface area contributed by atoms with E-state index in [2.05, 4.69) is 10.3 Å². The second kappa shape index (κ2) is 6.58. The Bertz CT molecular complexity index is 481. The number of rotatable bonds is 6. The maximum Gasteiger partial charge on any atom is 0.303 e. The predicted octanol–water partition coefficient (Wildman–Crippen LogP) is 0.748. The number of aromatic nitrogens is 1. The number of hydrogen-bond acceptors (Lipinski definition) is 3. The molecule has 0 fully saturated rings. The van der Waals surface area contributed by atoms with E-state index in [1.807, 2.05) is 0 Å². The third kappa shape index (κ3) is 4.40. The lowest BCUT2D eigenvalue weighted by Gasteiger charge is -2.12. The standard InChI is InChI=1S/C12H16N2O4/c1-8(3-2-4-11(16)17)14-12(18)9-7-13-6-5-10(9)15/h5-8H,2-4H2,1H3,(H,13,15)(H,14,18)(H,16,17). The topological polar surface area (TPSA) is 99.3 Å². The first-order valence-corrected chi connectivity index (χ1v) is 5.70. The van der Waals surface area contributed by atoms with E-state index in [1.54, 1.807) is 6.92 Å². The fourth-order valence-corrected chi connectivity index (χ4v) is 1.53. The molecule has 0 saturated carbocycles. The quantitative estimate of drug-likeness (QED) is 0.695. The lowest BCUT2D eigenvalue weighted by molar-refractivity contribution is -0.137. The number of carbonyl (C=O) groups excluding carboxylic acids is 1. The molecule has 6 heteroatoms. The van der Waals surface area contributed by atoms with Gasteiger partial charge >= 0.3 is 5.97 Å². The maximum atomic E-state index is 11.7. The van der Waals surface area contributed by atoms with Crippen LogP contribution in [0, 0.1) is 0 Å². The number of carbonyl (C=O) groups is 2. The van der Waals surface area contributed by atoms with Crippen LogP contribution in [0.2, 0.25) is 0 Å². The average molecular weight is 252 g/mol. The molecule has 0 spiro atoms. The minimum Gasteiger partial charge on any atom is -0.481 e. The molecule has 1 heterocycles. The second-order valence-electron chi connectivity index (χ2n) is 4.08. The molecule has 18 heavy (non-hydrogen) atoms. The summed E-state index contributed by atoms with van der Waals surface area (Å²) >= 11 is 0. The number of aliphatic carboxylic acids is 1. The predicted molar refractivity (Wildman–Crippen MR) is 65.5 cm³/mol. The van der Waals surface area contributed by atoms with E-state index >= 15 is 0 Å². The van der Waals surface area contributed by atoms with Gasteiger partial charge in [-0.3, -0.25) is 14.4 Å². The molecule has 1 amide bonds. The number of amides is 1. The lowest BCUT2D eigenvalue weighted by atomic mass is 10.1. The Balaban J connectivity index is 2.47. The highest BCUT2D eigenvalue weighted by atomic mass is 16.4. The Morgan fingerprint density at radius 3 is 2.83 bits per heavy atom. The highest BCUT2D eigenvalue weighted by Gasteiger charge is 2.12. The molecule has 3 N–H and O–H groups in total. The molecule has 98 valence electrons. The number of aromatic amines is 1. The monoisotopic (exact) mass is 252 g/mol. The van der Waals surface area contributed by atoms with Crippen molar-refractivity contribution in [1.82, 2.24) is 10.3 Å². The normalized spacial score (nSPS) is 11.8. The number of pyridine rings is 1. The van der Waals surface area contributed by atoms with Crippen LogP contribution in [-0.4, -0.2) is 28.0 Å². The van der Waals surface area contributed by atoms with Crippen molar-refractivity contribution in [3.8, 4) is 0 Å². The molecular formula is C12H16N2O4. The summed E-state index contributed by atoms with van der Waals surface area (Å²) in [5, 5.41) is 11.1. The number of carboxylic acids is 1. The van der Waals surface area contributed by atoms with Crippen molar-refractivity contribution < 1.29 is 14.7 Å². The molecule has 1 atom stereocenters. The van der Waals surface area contributed by atoms with Crippen LogP contribution in [0.1, 0.15) is 36.5 Å². The Hall–Kier alpha value is -2.11. The Kier molecular flexibility index (Phi) is 5.10. The van der Waals surface area contributed by atoms with E-state index in [4.69, 9.17) is 5.11 Å². The van der Waals surface area contributed by atoms with Gasteiger partial charge in [0.25, 0.3) is 5.91 Å². The van der Waals surface area contributed by atoms with Crippen LogP contribution in [0.25, 0.3) is 0 Å². The fourth-order valence-electron chi connectivity index (χ4n) is 1.53. The molecule has 0 radical (unpaired) electrons. The molecule has 1 aromatic heterocycles. The van der Waals surface area contributed by atoms with Gasteiger partial charge in [-0.1, -0.05) is 0 Å². The van der Waals surface area contributed by atoms with Crippen molar-refractivity contribution in [3.63, 3.8) is 0 Å². The van der Waals surface area contributed by atoms with Gasteiger partial charge in [-0.2, -0.15) is 0 Å². The van der Waals surface area contributed by atoms with Crippen LogP contribution in [0.3, 0.4) is 0 Å². The summed E-state index contributed by atoms with van der Waals surface area (Å²) in [5.41, 5.74) is -0.286. The summed E-state index contributed by atoms with van der Waals surface area (Å²) in [6.07, 6.45) is 3.92. The van der Waals surface area contributed by atoms with Crippen LogP contribution in [0.15, 0.2) is 23.3 Å². The van der Waals surface area contributed by atoms with E-state index in [0.29, 0.717) is 12.8 Å². The third-order valence-corrected chi connectivity index (χ3v) is 2.47. The lowest BCUT2D eigenvalue weighted by Crippen LogP contribution is -2.35. The van der Waals surface area contributed by atoms with Crippen molar-refractivity contribution in [2.24, 2.45) is 0 Å². The molecule has 0 aliphatic carbocycles. The summed E-state index contributed by atoms with van der Waals surface area (Å²) in [6.45, 7) is 1.77. The van der Waals surface area contributed by atoms with Gasteiger partial charge in [0.15, 0.2) is 5.43 Å². The van der Waals surface area contributed by atoms with Crippen LogP contribution in [0.4, 0.5) is 0 Å². The number of H-pyrrole nitrogens is 1. The van der Waals surface area contributed by atoms with Crippen molar-refractivity contribution >= 4 is 11.9 Å². The largest absolute Gasteiger partial charge is 0.481 e. The van der Waals surface area contributed by atoms with Gasteiger partial charge in [0.2, 0.25) is 0 Å². The Morgan fingerprint density at radius 1 is 1.50 bits per heavy atom. The highest BCUT2D eigenvalue weighted by Crippen LogP contribution is 2.01. The molecule has 0 saturated heterocycles. The van der Waals surface area contributed by atoms with E-state index in [1.165, 1.54) is 18.5 Å². The Morgan fingerprint density at radius 2 is 2.22 bits per heavy atom. The molecule has 0 bridgehead atoms. The highest BCUT2D eigenvalue weighted by molar-refractivity contribution is 5.93. The molecule has 6 nitrogen and oxygen atoms in total. The summed E-state index contributed by atoms with van der Waals surface area (Å²) in [7, 11) is 0. The summed E-state index contributed by atoms with van der Waals surface area (Å²) < 4.78 is 0. The zero-order valence-corrected chi connectivity index (χ0v) is 10.1. The molecule has 0 aromatic carbocycles. The second-order valence-corrected chi connectivity index (χ2v) is 4.08. The number of carboxylic acid groups (broad SMARTS) is 1. The molecule has 1 rings (SSSR count). The van der Waals surface area contributed by atoms with Gasteiger partial charge in [-0.15, -0.1) is 0 Å². The molecule has 1 unspecified atom stereocenters. The van der Waals surface area contributed by atoms with E-state index in [9.17, 15) is 14.4 Å². The summed E-state index contributed by atoms with van der Waals surface area (Å²) in [5.74, 6) is -1.30. The molecule has 0 aliphatic heterocycles. The van der Waals surface area contributed by atoms with Crippen LogP contribution >= 0.6 is 0 Å². The SMILES string of the molecule is CC(CCCC(=O)O)NC(=O)c1c[nH]ccc1=O. The van der Waals surface area contributed by atoms with E-state index in [-0.39, 0.29) is 23.5 Å².